The number of hydrogen-bond acceptors (Lipinski definition) is 3. The van der Waals surface area contributed by atoms with E-state index < -0.39 is 0 Å². The minimum absolute atomic E-state index is 0.0523. The summed E-state index contributed by atoms with van der Waals surface area (Å²) in [5.41, 5.74) is 0. The number of likely N-dealkylation sites (tertiary alicyclic amines) is 1. The van der Waals surface area contributed by atoms with Crippen molar-refractivity contribution >= 4 is 5.91 Å². The van der Waals surface area contributed by atoms with Crippen molar-refractivity contribution in [2.75, 3.05) is 19.7 Å². The highest BCUT2D eigenvalue weighted by atomic mass is 16.3. The maximum absolute atomic E-state index is 11.7. The fourth-order valence-electron chi connectivity index (χ4n) is 1.75. The van der Waals surface area contributed by atoms with E-state index in [1.807, 2.05) is 13.8 Å². The van der Waals surface area contributed by atoms with Gasteiger partial charge in [-0.15, -0.1) is 0 Å². The number of carbonyl (C=O) groups excluding carboxylic acids is 1. The van der Waals surface area contributed by atoms with Crippen LogP contribution >= 0.6 is 0 Å². The molecule has 1 aliphatic rings. The van der Waals surface area contributed by atoms with Gasteiger partial charge >= 0.3 is 0 Å². The summed E-state index contributed by atoms with van der Waals surface area (Å²) in [7, 11) is 0. The Balaban J connectivity index is 2.35. The van der Waals surface area contributed by atoms with Gasteiger partial charge in [-0.25, -0.2) is 0 Å². The van der Waals surface area contributed by atoms with Gasteiger partial charge < -0.3 is 15.3 Å². The molecule has 0 unspecified atom stereocenters. The molecular weight excluding hydrogens is 180 g/mol. The maximum atomic E-state index is 11.7. The Labute approximate surface area is 85.3 Å². The van der Waals surface area contributed by atoms with Crippen molar-refractivity contribution in [3.05, 3.63) is 0 Å². The Kier molecular flexibility index (Phi) is 4.35. The first kappa shape index (κ1) is 11.5. The highest BCUT2D eigenvalue weighted by molar-refractivity contribution is 5.78. The monoisotopic (exact) mass is 200 g/mol. The van der Waals surface area contributed by atoms with E-state index in [9.17, 15) is 4.79 Å². The number of nitrogens with zero attached hydrogens (tertiary/aromatic N) is 1. The second-order valence-electron chi connectivity index (χ2n) is 4.10. The molecule has 4 heteroatoms. The Morgan fingerprint density at radius 2 is 2.36 bits per heavy atom. The highest BCUT2D eigenvalue weighted by Crippen LogP contribution is 2.16. The van der Waals surface area contributed by atoms with Crippen LogP contribution in [0.3, 0.4) is 0 Å². The van der Waals surface area contributed by atoms with Crippen molar-refractivity contribution in [2.24, 2.45) is 0 Å². The molecule has 1 fully saturated rings. The van der Waals surface area contributed by atoms with E-state index in [1.165, 1.54) is 0 Å². The van der Waals surface area contributed by atoms with Crippen LogP contribution in [0.5, 0.6) is 0 Å². The molecular formula is C10H20N2O2. The standard InChI is InChI=1S/C10H20N2O2/c1-8(2)11-6-10(14)12-5-3-4-9(12)7-13/h8-9,11,13H,3-7H2,1-2H3/t9-/m1/s1. The van der Waals surface area contributed by atoms with Gasteiger partial charge in [0.25, 0.3) is 0 Å². The third-order valence-electron chi connectivity index (χ3n) is 2.57. The lowest BCUT2D eigenvalue weighted by Crippen LogP contribution is -2.43. The summed E-state index contributed by atoms with van der Waals surface area (Å²) in [6, 6.07) is 0.380. The van der Waals surface area contributed by atoms with Gasteiger partial charge in [0, 0.05) is 12.6 Å². The summed E-state index contributed by atoms with van der Waals surface area (Å²) in [4.78, 5) is 13.5. The van der Waals surface area contributed by atoms with E-state index in [1.54, 1.807) is 4.90 Å². The van der Waals surface area contributed by atoms with Crippen LogP contribution < -0.4 is 5.32 Å². The van der Waals surface area contributed by atoms with Crippen molar-refractivity contribution in [1.82, 2.24) is 10.2 Å². The molecule has 4 nitrogen and oxygen atoms in total. The van der Waals surface area contributed by atoms with Gasteiger partial charge in [0.2, 0.25) is 5.91 Å². The van der Waals surface area contributed by atoms with E-state index in [-0.39, 0.29) is 18.6 Å². The van der Waals surface area contributed by atoms with Crippen molar-refractivity contribution in [2.45, 2.75) is 38.8 Å². The molecule has 0 radical (unpaired) electrons. The molecule has 1 aliphatic heterocycles. The van der Waals surface area contributed by atoms with E-state index in [2.05, 4.69) is 5.32 Å². The van der Waals surface area contributed by atoms with Crippen LogP contribution in [0.25, 0.3) is 0 Å². The number of nitrogens with one attached hydrogen (secondary N) is 1. The SMILES string of the molecule is CC(C)NCC(=O)N1CCC[C@@H]1CO. The molecule has 0 bridgehead atoms. The van der Waals surface area contributed by atoms with Crippen molar-refractivity contribution in [3.63, 3.8) is 0 Å². The number of rotatable bonds is 4. The van der Waals surface area contributed by atoms with Crippen LogP contribution in [0, 0.1) is 0 Å². The molecule has 0 saturated carbocycles. The Morgan fingerprint density at radius 1 is 1.64 bits per heavy atom. The molecule has 1 amide bonds. The third kappa shape index (κ3) is 2.96. The third-order valence-corrected chi connectivity index (χ3v) is 2.57. The smallest absolute Gasteiger partial charge is 0.236 e. The molecule has 82 valence electrons. The molecule has 1 atom stereocenters. The summed E-state index contributed by atoms with van der Waals surface area (Å²) in [5, 5.41) is 12.1. The zero-order valence-corrected chi connectivity index (χ0v) is 8.99. The molecule has 14 heavy (non-hydrogen) atoms. The predicted octanol–water partition coefficient (Wildman–Crippen LogP) is -0.0323. The molecule has 0 aromatic rings. The van der Waals surface area contributed by atoms with E-state index in [0.29, 0.717) is 12.6 Å². The highest BCUT2D eigenvalue weighted by Gasteiger charge is 2.27. The van der Waals surface area contributed by atoms with Crippen molar-refractivity contribution in [1.29, 1.82) is 0 Å². The first-order valence-electron chi connectivity index (χ1n) is 5.29. The molecule has 1 saturated heterocycles. The minimum atomic E-state index is 0.0523. The fraction of sp³-hybridized carbons (Fsp3) is 0.900. The zero-order valence-electron chi connectivity index (χ0n) is 8.99. The van der Waals surface area contributed by atoms with Crippen LogP contribution in [0.1, 0.15) is 26.7 Å². The van der Waals surface area contributed by atoms with Crippen LogP contribution in [0.4, 0.5) is 0 Å². The zero-order chi connectivity index (χ0) is 10.6. The first-order chi connectivity index (χ1) is 6.65. The van der Waals surface area contributed by atoms with Crippen LogP contribution in [0.15, 0.2) is 0 Å². The lowest BCUT2D eigenvalue weighted by molar-refractivity contribution is -0.131. The van der Waals surface area contributed by atoms with Gasteiger partial charge in [0.15, 0.2) is 0 Å². The lowest BCUT2D eigenvalue weighted by atomic mass is 10.2. The number of aliphatic hydroxyl groups excluding tert-OH is 1. The van der Waals surface area contributed by atoms with E-state index in [0.717, 1.165) is 19.4 Å². The van der Waals surface area contributed by atoms with Gasteiger partial charge in [0.05, 0.1) is 19.2 Å². The number of hydrogen-bond donors (Lipinski definition) is 2. The molecule has 0 aliphatic carbocycles. The largest absolute Gasteiger partial charge is 0.394 e. The van der Waals surface area contributed by atoms with E-state index >= 15 is 0 Å². The van der Waals surface area contributed by atoms with Crippen molar-refractivity contribution < 1.29 is 9.90 Å². The summed E-state index contributed by atoms with van der Waals surface area (Å²) in [6.45, 7) is 5.30. The topological polar surface area (TPSA) is 52.6 Å². The van der Waals surface area contributed by atoms with Gasteiger partial charge in [-0.05, 0) is 12.8 Å². The summed E-state index contributed by atoms with van der Waals surface area (Å²) in [6.07, 6.45) is 1.95. The second-order valence-corrected chi connectivity index (χ2v) is 4.10. The predicted molar refractivity (Wildman–Crippen MR) is 55.0 cm³/mol. The molecule has 2 N–H and O–H groups in total. The Hall–Kier alpha value is -0.610. The number of amides is 1. The molecule has 0 aromatic carbocycles. The van der Waals surface area contributed by atoms with Gasteiger partial charge in [-0.2, -0.15) is 0 Å². The summed E-state index contributed by atoms with van der Waals surface area (Å²) >= 11 is 0. The first-order valence-corrected chi connectivity index (χ1v) is 5.29. The van der Waals surface area contributed by atoms with Gasteiger partial charge in [-0.1, -0.05) is 13.8 Å². The van der Waals surface area contributed by atoms with Crippen LogP contribution in [-0.4, -0.2) is 47.7 Å². The minimum Gasteiger partial charge on any atom is -0.394 e. The normalized spacial score (nSPS) is 22.0. The van der Waals surface area contributed by atoms with Gasteiger partial charge in [0.1, 0.15) is 0 Å². The quantitative estimate of drug-likeness (QED) is 0.670. The average molecular weight is 200 g/mol. The molecule has 0 aromatic heterocycles. The number of carbonyl (C=O) groups is 1. The van der Waals surface area contributed by atoms with Crippen LogP contribution in [0.2, 0.25) is 0 Å². The molecule has 1 rings (SSSR count). The maximum Gasteiger partial charge on any atom is 0.236 e. The van der Waals surface area contributed by atoms with Crippen molar-refractivity contribution in [3.8, 4) is 0 Å². The summed E-state index contributed by atoms with van der Waals surface area (Å²) < 4.78 is 0. The lowest BCUT2D eigenvalue weighted by Gasteiger charge is -2.23. The van der Waals surface area contributed by atoms with Crippen LogP contribution in [-0.2, 0) is 4.79 Å². The summed E-state index contributed by atoms with van der Waals surface area (Å²) in [5.74, 6) is 0.107. The average Bonchev–Trinajstić information content (AvgIpc) is 2.61. The Bertz CT molecular complexity index is 195. The Morgan fingerprint density at radius 3 is 2.93 bits per heavy atom. The molecule has 1 heterocycles. The second kappa shape index (κ2) is 5.32. The number of aliphatic hydroxyl groups is 1. The van der Waals surface area contributed by atoms with E-state index in [4.69, 9.17) is 5.11 Å². The molecule has 0 spiro atoms. The fourth-order valence-corrected chi connectivity index (χ4v) is 1.75. The van der Waals surface area contributed by atoms with Gasteiger partial charge in [-0.3, -0.25) is 4.79 Å².